The average molecular weight is 278 g/mol. The SMILES string of the molecule is CCc1ccc(N=Cc2ccc(Br)o2)cc1. The zero-order valence-corrected chi connectivity index (χ0v) is 10.6. The van der Waals surface area contributed by atoms with Crippen LogP contribution in [-0.4, -0.2) is 6.21 Å². The molecule has 1 aromatic carbocycles. The molecular formula is C13H12BrNO. The third kappa shape index (κ3) is 2.83. The van der Waals surface area contributed by atoms with Crippen molar-refractivity contribution in [3.8, 4) is 0 Å². The molecule has 0 aliphatic carbocycles. The van der Waals surface area contributed by atoms with E-state index in [-0.39, 0.29) is 0 Å². The lowest BCUT2D eigenvalue weighted by atomic mass is 10.1. The fourth-order valence-corrected chi connectivity index (χ4v) is 1.67. The molecule has 1 heterocycles. The maximum atomic E-state index is 5.32. The summed E-state index contributed by atoms with van der Waals surface area (Å²) in [6.45, 7) is 2.14. The van der Waals surface area contributed by atoms with Gasteiger partial charge in [0.25, 0.3) is 0 Å². The molecule has 0 N–H and O–H groups in total. The highest BCUT2D eigenvalue weighted by molar-refractivity contribution is 9.10. The molecule has 0 spiro atoms. The number of hydrogen-bond donors (Lipinski definition) is 0. The van der Waals surface area contributed by atoms with E-state index in [2.05, 4.69) is 40.0 Å². The molecule has 0 atom stereocenters. The third-order valence-corrected chi connectivity index (χ3v) is 2.71. The van der Waals surface area contributed by atoms with Crippen molar-refractivity contribution in [2.45, 2.75) is 13.3 Å². The Morgan fingerprint density at radius 2 is 1.94 bits per heavy atom. The van der Waals surface area contributed by atoms with Crippen LogP contribution in [0.25, 0.3) is 0 Å². The van der Waals surface area contributed by atoms with Gasteiger partial charge in [-0.15, -0.1) is 0 Å². The van der Waals surface area contributed by atoms with Crippen LogP contribution >= 0.6 is 15.9 Å². The van der Waals surface area contributed by atoms with Gasteiger partial charge in [-0.05, 0) is 52.2 Å². The number of furan rings is 1. The van der Waals surface area contributed by atoms with Crippen molar-refractivity contribution in [1.82, 2.24) is 0 Å². The first-order chi connectivity index (χ1) is 7.78. The molecule has 3 heteroatoms. The first-order valence-corrected chi connectivity index (χ1v) is 5.95. The fourth-order valence-electron chi connectivity index (χ4n) is 1.35. The number of halogens is 1. The zero-order valence-electron chi connectivity index (χ0n) is 8.98. The smallest absolute Gasteiger partial charge is 0.169 e. The second-order valence-corrected chi connectivity index (χ2v) is 4.20. The molecule has 0 amide bonds. The quantitative estimate of drug-likeness (QED) is 0.766. The van der Waals surface area contributed by atoms with Crippen LogP contribution in [0, 0.1) is 0 Å². The summed E-state index contributed by atoms with van der Waals surface area (Å²) in [6, 6.07) is 11.9. The molecule has 2 rings (SSSR count). The van der Waals surface area contributed by atoms with E-state index in [4.69, 9.17) is 4.42 Å². The van der Waals surface area contributed by atoms with Gasteiger partial charge in [0.1, 0.15) is 5.76 Å². The summed E-state index contributed by atoms with van der Waals surface area (Å²) in [7, 11) is 0. The highest BCUT2D eigenvalue weighted by Crippen LogP contribution is 2.15. The van der Waals surface area contributed by atoms with Crippen LogP contribution in [0.5, 0.6) is 0 Å². The Morgan fingerprint density at radius 1 is 1.19 bits per heavy atom. The van der Waals surface area contributed by atoms with Gasteiger partial charge in [-0.3, -0.25) is 4.99 Å². The molecule has 0 radical (unpaired) electrons. The molecule has 0 bridgehead atoms. The maximum absolute atomic E-state index is 5.32. The monoisotopic (exact) mass is 277 g/mol. The van der Waals surface area contributed by atoms with Crippen LogP contribution in [0.4, 0.5) is 5.69 Å². The van der Waals surface area contributed by atoms with Crippen molar-refractivity contribution in [2.75, 3.05) is 0 Å². The molecule has 2 nitrogen and oxygen atoms in total. The third-order valence-electron chi connectivity index (χ3n) is 2.28. The summed E-state index contributed by atoms with van der Waals surface area (Å²) in [5.74, 6) is 0.742. The summed E-state index contributed by atoms with van der Waals surface area (Å²) < 4.78 is 6.04. The molecule has 0 saturated carbocycles. The molecule has 0 fully saturated rings. The van der Waals surface area contributed by atoms with E-state index in [1.54, 1.807) is 6.21 Å². The van der Waals surface area contributed by atoms with E-state index < -0.39 is 0 Å². The second-order valence-electron chi connectivity index (χ2n) is 3.42. The molecule has 1 aromatic heterocycles. The van der Waals surface area contributed by atoms with Crippen LogP contribution in [0.2, 0.25) is 0 Å². The van der Waals surface area contributed by atoms with E-state index >= 15 is 0 Å². The Hall–Kier alpha value is -1.35. The lowest BCUT2D eigenvalue weighted by Gasteiger charge is -1.96. The van der Waals surface area contributed by atoms with Gasteiger partial charge in [-0.25, -0.2) is 0 Å². The minimum absolute atomic E-state index is 0.718. The molecule has 0 aliphatic heterocycles. The van der Waals surface area contributed by atoms with Crippen LogP contribution < -0.4 is 0 Å². The first kappa shape index (κ1) is 11.1. The normalized spacial score (nSPS) is 11.1. The van der Waals surface area contributed by atoms with Crippen LogP contribution in [-0.2, 0) is 6.42 Å². The van der Waals surface area contributed by atoms with Gasteiger partial charge >= 0.3 is 0 Å². The Labute approximate surface area is 103 Å². The summed E-state index contributed by atoms with van der Waals surface area (Å²) in [5.41, 5.74) is 2.25. The lowest BCUT2D eigenvalue weighted by Crippen LogP contribution is -1.78. The van der Waals surface area contributed by atoms with Crippen molar-refractivity contribution >= 4 is 27.8 Å². The number of hydrogen-bond acceptors (Lipinski definition) is 2. The van der Waals surface area contributed by atoms with Gasteiger partial charge in [0, 0.05) is 0 Å². The van der Waals surface area contributed by atoms with E-state index in [0.717, 1.165) is 22.5 Å². The van der Waals surface area contributed by atoms with Crippen molar-refractivity contribution < 1.29 is 4.42 Å². The van der Waals surface area contributed by atoms with Crippen LogP contribution in [0.15, 0.2) is 50.5 Å². The maximum Gasteiger partial charge on any atom is 0.169 e. The predicted molar refractivity (Wildman–Crippen MR) is 69.5 cm³/mol. The predicted octanol–water partition coefficient (Wildman–Crippen LogP) is 4.36. The largest absolute Gasteiger partial charge is 0.448 e. The Bertz CT molecular complexity index is 485. The molecule has 0 saturated heterocycles. The first-order valence-electron chi connectivity index (χ1n) is 5.16. The lowest BCUT2D eigenvalue weighted by molar-refractivity contribution is 0.535. The second kappa shape index (κ2) is 5.12. The van der Waals surface area contributed by atoms with Gasteiger partial charge in [-0.1, -0.05) is 19.1 Å². The van der Waals surface area contributed by atoms with E-state index in [0.29, 0.717) is 0 Å². The molecular weight excluding hydrogens is 266 g/mol. The van der Waals surface area contributed by atoms with Gasteiger partial charge in [-0.2, -0.15) is 0 Å². The van der Waals surface area contributed by atoms with Gasteiger partial charge in [0.15, 0.2) is 4.67 Å². The Balaban J connectivity index is 2.11. The molecule has 2 aromatic rings. The molecule has 82 valence electrons. The van der Waals surface area contributed by atoms with Crippen molar-refractivity contribution in [3.63, 3.8) is 0 Å². The van der Waals surface area contributed by atoms with Crippen molar-refractivity contribution in [2.24, 2.45) is 4.99 Å². The Kier molecular flexibility index (Phi) is 3.57. The summed E-state index contributed by atoms with van der Waals surface area (Å²) in [6.07, 6.45) is 2.76. The fraction of sp³-hybridized carbons (Fsp3) is 0.154. The van der Waals surface area contributed by atoms with E-state index in [9.17, 15) is 0 Å². The van der Waals surface area contributed by atoms with Crippen molar-refractivity contribution in [3.05, 3.63) is 52.4 Å². The number of aryl methyl sites for hydroxylation is 1. The number of nitrogens with zero attached hydrogens (tertiary/aromatic N) is 1. The summed E-state index contributed by atoms with van der Waals surface area (Å²) in [4.78, 5) is 4.33. The molecule has 16 heavy (non-hydrogen) atoms. The number of rotatable bonds is 3. The van der Waals surface area contributed by atoms with E-state index in [1.807, 2.05) is 24.3 Å². The molecule has 0 unspecified atom stereocenters. The summed E-state index contributed by atoms with van der Waals surface area (Å²) in [5, 5.41) is 0. The zero-order chi connectivity index (χ0) is 11.4. The van der Waals surface area contributed by atoms with Gasteiger partial charge < -0.3 is 4.42 Å². The Morgan fingerprint density at radius 3 is 2.50 bits per heavy atom. The average Bonchev–Trinajstić information content (AvgIpc) is 2.73. The van der Waals surface area contributed by atoms with Gasteiger partial charge in [0.05, 0.1) is 11.9 Å². The van der Waals surface area contributed by atoms with Crippen LogP contribution in [0.1, 0.15) is 18.2 Å². The van der Waals surface area contributed by atoms with Crippen LogP contribution in [0.3, 0.4) is 0 Å². The number of aliphatic imine (C=N–C) groups is 1. The number of benzene rings is 1. The highest BCUT2D eigenvalue weighted by atomic mass is 79.9. The minimum atomic E-state index is 0.718. The molecule has 0 aliphatic rings. The van der Waals surface area contributed by atoms with Gasteiger partial charge in [0.2, 0.25) is 0 Å². The highest BCUT2D eigenvalue weighted by Gasteiger charge is 1.95. The standard InChI is InChI=1S/C13H12BrNO/c1-2-10-3-5-11(6-4-10)15-9-12-7-8-13(14)16-12/h3-9H,2H2,1H3. The minimum Gasteiger partial charge on any atom is -0.448 e. The van der Waals surface area contributed by atoms with Crippen molar-refractivity contribution in [1.29, 1.82) is 0 Å². The van der Waals surface area contributed by atoms with E-state index in [1.165, 1.54) is 5.56 Å². The summed E-state index contributed by atoms with van der Waals surface area (Å²) >= 11 is 3.25. The topological polar surface area (TPSA) is 25.5 Å².